The molecule has 0 bridgehead atoms. The lowest BCUT2D eigenvalue weighted by molar-refractivity contribution is 0.392. The van der Waals surface area contributed by atoms with Gasteiger partial charge in [-0.15, -0.1) is 24.0 Å². The first kappa shape index (κ1) is 20.7. The molecule has 0 saturated heterocycles. The maximum Gasteiger partial charge on any atom is 0.218 e. The standard InChI is InChI=1S/C17H24N4OS.HI/c1-4-18-17(20-10-13(2)15-7-9-23-12-15)21-11-14-6-5-8-19-16(14)22-3;/h5-9,12-13H,4,10-11H2,1-3H3,(H2,18,20,21);1H. The van der Waals surface area contributed by atoms with Crippen LogP contribution in [0.5, 0.6) is 5.88 Å². The van der Waals surface area contributed by atoms with Crippen molar-refractivity contribution < 1.29 is 4.74 Å². The summed E-state index contributed by atoms with van der Waals surface area (Å²) in [6.07, 6.45) is 1.72. The van der Waals surface area contributed by atoms with E-state index >= 15 is 0 Å². The molecule has 2 rings (SSSR count). The summed E-state index contributed by atoms with van der Waals surface area (Å²) in [5.74, 6) is 1.87. The predicted molar refractivity (Wildman–Crippen MR) is 112 cm³/mol. The molecule has 0 spiro atoms. The molecule has 2 aromatic rings. The predicted octanol–water partition coefficient (Wildman–Crippen LogP) is 3.63. The summed E-state index contributed by atoms with van der Waals surface area (Å²) in [7, 11) is 1.63. The van der Waals surface area contributed by atoms with Gasteiger partial charge in [-0.05, 0) is 41.3 Å². The number of guanidine groups is 1. The number of nitrogens with one attached hydrogen (secondary N) is 2. The van der Waals surface area contributed by atoms with Crippen LogP contribution in [0, 0.1) is 0 Å². The van der Waals surface area contributed by atoms with E-state index in [9.17, 15) is 0 Å². The van der Waals surface area contributed by atoms with Gasteiger partial charge in [0.05, 0.1) is 13.7 Å². The SMILES string of the molecule is CCNC(=NCc1cccnc1OC)NCC(C)c1ccsc1.I. The lowest BCUT2D eigenvalue weighted by Crippen LogP contribution is -2.39. The number of thiophene rings is 1. The number of rotatable bonds is 7. The number of hydrogen-bond acceptors (Lipinski definition) is 4. The van der Waals surface area contributed by atoms with E-state index in [0.29, 0.717) is 18.3 Å². The van der Waals surface area contributed by atoms with Gasteiger partial charge in [-0.1, -0.05) is 13.0 Å². The normalized spacial score (nSPS) is 12.2. The number of halogens is 1. The van der Waals surface area contributed by atoms with E-state index in [1.165, 1.54) is 5.56 Å². The van der Waals surface area contributed by atoms with E-state index in [-0.39, 0.29) is 24.0 Å². The van der Waals surface area contributed by atoms with E-state index < -0.39 is 0 Å². The summed E-state index contributed by atoms with van der Waals surface area (Å²) in [6.45, 7) is 6.46. The number of pyridine rings is 1. The summed E-state index contributed by atoms with van der Waals surface area (Å²) in [6, 6.07) is 6.04. The van der Waals surface area contributed by atoms with Crippen molar-refractivity contribution in [3.8, 4) is 5.88 Å². The van der Waals surface area contributed by atoms with Gasteiger partial charge >= 0.3 is 0 Å². The first-order chi connectivity index (χ1) is 11.2. The van der Waals surface area contributed by atoms with Crippen molar-refractivity contribution in [3.63, 3.8) is 0 Å². The molecule has 0 aliphatic rings. The Hall–Kier alpha value is -1.35. The zero-order valence-corrected chi connectivity index (χ0v) is 17.4. The minimum Gasteiger partial charge on any atom is -0.481 e. The van der Waals surface area contributed by atoms with Crippen LogP contribution in [0.25, 0.3) is 0 Å². The van der Waals surface area contributed by atoms with E-state index in [1.807, 2.05) is 12.1 Å². The highest BCUT2D eigenvalue weighted by atomic mass is 127. The van der Waals surface area contributed by atoms with Crippen molar-refractivity contribution in [1.82, 2.24) is 15.6 Å². The molecular formula is C17H25IN4OS. The van der Waals surface area contributed by atoms with Crippen molar-refractivity contribution in [1.29, 1.82) is 0 Å². The van der Waals surface area contributed by atoms with Gasteiger partial charge in [0, 0.05) is 24.8 Å². The highest BCUT2D eigenvalue weighted by molar-refractivity contribution is 14.0. The molecular weight excluding hydrogens is 435 g/mol. The van der Waals surface area contributed by atoms with Gasteiger partial charge in [-0.25, -0.2) is 9.98 Å². The molecule has 1 unspecified atom stereocenters. The molecule has 0 aliphatic carbocycles. The molecule has 0 radical (unpaired) electrons. The molecule has 0 fully saturated rings. The Morgan fingerprint density at radius 1 is 1.38 bits per heavy atom. The van der Waals surface area contributed by atoms with Crippen LogP contribution in [-0.2, 0) is 6.54 Å². The summed E-state index contributed by atoms with van der Waals surface area (Å²) in [5, 5.41) is 11.0. The minimum atomic E-state index is 0. The zero-order valence-electron chi connectivity index (χ0n) is 14.3. The fourth-order valence-corrected chi connectivity index (χ4v) is 2.94. The lowest BCUT2D eigenvalue weighted by atomic mass is 10.1. The smallest absolute Gasteiger partial charge is 0.218 e. The van der Waals surface area contributed by atoms with E-state index in [1.54, 1.807) is 24.6 Å². The van der Waals surface area contributed by atoms with Crippen molar-refractivity contribution in [3.05, 3.63) is 46.3 Å². The fraction of sp³-hybridized carbons (Fsp3) is 0.412. The number of nitrogens with zero attached hydrogens (tertiary/aromatic N) is 2. The third-order valence-electron chi connectivity index (χ3n) is 3.48. The van der Waals surface area contributed by atoms with E-state index in [2.05, 4.69) is 51.3 Å². The average molecular weight is 460 g/mol. The van der Waals surface area contributed by atoms with Crippen molar-refractivity contribution in [2.45, 2.75) is 26.3 Å². The second kappa shape index (κ2) is 11.2. The lowest BCUT2D eigenvalue weighted by Gasteiger charge is -2.15. The average Bonchev–Trinajstić information content (AvgIpc) is 3.12. The van der Waals surface area contributed by atoms with Crippen LogP contribution in [-0.4, -0.2) is 31.1 Å². The Morgan fingerprint density at radius 3 is 2.88 bits per heavy atom. The van der Waals surface area contributed by atoms with Crippen LogP contribution in [0.1, 0.15) is 30.9 Å². The second-order valence-electron chi connectivity index (χ2n) is 5.21. The van der Waals surface area contributed by atoms with Crippen LogP contribution < -0.4 is 15.4 Å². The molecule has 2 N–H and O–H groups in total. The molecule has 2 heterocycles. The molecule has 24 heavy (non-hydrogen) atoms. The molecule has 0 aromatic carbocycles. The fourth-order valence-electron chi connectivity index (χ4n) is 2.16. The zero-order chi connectivity index (χ0) is 16.5. The van der Waals surface area contributed by atoms with Crippen LogP contribution in [0.3, 0.4) is 0 Å². The van der Waals surface area contributed by atoms with Gasteiger partial charge in [0.2, 0.25) is 5.88 Å². The molecule has 0 amide bonds. The third-order valence-corrected chi connectivity index (χ3v) is 4.18. The Balaban J connectivity index is 0.00000288. The quantitative estimate of drug-likeness (QED) is 0.377. The Labute approximate surface area is 165 Å². The van der Waals surface area contributed by atoms with Gasteiger partial charge in [0.25, 0.3) is 0 Å². The number of aliphatic imine (C=N–C) groups is 1. The van der Waals surface area contributed by atoms with E-state index in [4.69, 9.17) is 4.74 Å². The Kier molecular flexibility index (Phi) is 9.70. The maximum atomic E-state index is 5.26. The maximum absolute atomic E-state index is 5.26. The largest absolute Gasteiger partial charge is 0.481 e. The molecule has 0 saturated carbocycles. The summed E-state index contributed by atoms with van der Waals surface area (Å²) in [5.41, 5.74) is 2.32. The first-order valence-corrected chi connectivity index (χ1v) is 8.71. The van der Waals surface area contributed by atoms with Gasteiger partial charge in [-0.3, -0.25) is 0 Å². The second-order valence-corrected chi connectivity index (χ2v) is 5.99. The molecule has 132 valence electrons. The molecule has 7 heteroatoms. The first-order valence-electron chi connectivity index (χ1n) is 7.76. The third kappa shape index (κ3) is 6.27. The molecule has 2 aromatic heterocycles. The van der Waals surface area contributed by atoms with Gasteiger partial charge in [0.1, 0.15) is 0 Å². The number of ether oxygens (including phenoxy) is 1. The number of hydrogen-bond donors (Lipinski definition) is 2. The minimum absolute atomic E-state index is 0. The number of methoxy groups -OCH3 is 1. The van der Waals surface area contributed by atoms with E-state index in [0.717, 1.165) is 24.6 Å². The topological polar surface area (TPSA) is 58.5 Å². The molecule has 1 atom stereocenters. The van der Waals surface area contributed by atoms with Crippen molar-refractivity contribution >= 4 is 41.3 Å². The van der Waals surface area contributed by atoms with Crippen molar-refractivity contribution in [2.24, 2.45) is 4.99 Å². The van der Waals surface area contributed by atoms with Crippen molar-refractivity contribution in [2.75, 3.05) is 20.2 Å². The summed E-state index contributed by atoms with van der Waals surface area (Å²) < 4.78 is 5.26. The Morgan fingerprint density at radius 2 is 2.21 bits per heavy atom. The van der Waals surface area contributed by atoms with Crippen LogP contribution in [0.15, 0.2) is 40.1 Å². The monoisotopic (exact) mass is 460 g/mol. The van der Waals surface area contributed by atoms with Crippen LogP contribution >= 0.6 is 35.3 Å². The van der Waals surface area contributed by atoms with Crippen LogP contribution in [0.2, 0.25) is 0 Å². The summed E-state index contributed by atoms with van der Waals surface area (Å²) in [4.78, 5) is 8.82. The highest BCUT2D eigenvalue weighted by Crippen LogP contribution is 2.17. The highest BCUT2D eigenvalue weighted by Gasteiger charge is 2.08. The molecule has 5 nitrogen and oxygen atoms in total. The van der Waals surface area contributed by atoms with Gasteiger partial charge in [0.15, 0.2) is 5.96 Å². The van der Waals surface area contributed by atoms with Gasteiger partial charge in [-0.2, -0.15) is 11.3 Å². The summed E-state index contributed by atoms with van der Waals surface area (Å²) >= 11 is 1.73. The van der Waals surface area contributed by atoms with Crippen LogP contribution in [0.4, 0.5) is 0 Å². The Bertz CT molecular complexity index is 619. The van der Waals surface area contributed by atoms with Gasteiger partial charge < -0.3 is 15.4 Å². The number of aromatic nitrogens is 1. The molecule has 0 aliphatic heterocycles.